The van der Waals surface area contributed by atoms with Crippen molar-refractivity contribution in [2.45, 2.75) is 11.8 Å². The summed E-state index contributed by atoms with van der Waals surface area (Å²) in [6.45, 7) is 2.35. The number of carbonyl (C=O) groups excluding carboxylic acids is 1. The Kier molecular flexibility index (Phi) is 7.33. The first-order valence-corrected chi connectivity index (χ1v) is 12.5. The number of benzene rings is 4. The average Bonchev–Trinajstić information content (AvgIpc) is 2.88. The highest BCUT2D eigenvalue weighted by Crippen LogP contribution is 2.24. The molecule has 0 fully saturated rings. The zero-order chi connectivity index (χ0) is 25.5. The summed E-state index contributed by atoms with van der Waals surface area (Å²) in [5.41, 5.74) is 0.907. The maximum absolute atomic E-state index is 12.7. The lowest BCUT2D eigenvalue weighted by Gasteiger charge is -2.09. The second kappa shape index (κ2) is 10.8. The molecule has 36 heavy (non-hydrogen) atoms. The summed E-state index contributed by atoms with van der Waals surface area (Å²) in [6, 6.07) is 27.0. The largest absolute Gasteiger partial charge is 0.494 e. The number of nitrogens with zero attached hydrogens (tertiary/aromatic N) is 1. The summed E-state index contributed by atoms with van der Waals surface area (Å²) in [7, 11) is -4.04. The Morgan fingerprint density at radius 2 is 1.67 bits per heavy atom. The topological polar surface area (TPSA) is 105 Å². The van der Waals surface area contributed by atoms with Gasteiger partial charge in [-0.15, -0.1) is 0 Å². The number of nitriles is 1. The molecule has 0 saturated carbocycles. The highest BCUT2D eigenvalue weighted by atomic mass is 32.2. The van der Waals surface area contributed by atoms with Gasteiger partial charge < -0.3 is 14.2 Å². The zero-order valence-electron chi connectivity index (χ0n) is 19.3. The second-order valence-electron chi connectivity index (χ2n) is 7.70. The van der Waals surface area contributed by atoms with Crippen molar-refractivity contribution in [2.75, 3.05) is 11.9 Å². The van der Waals surface area contributed by atoms with Crippen molar-refractivity contribution < 1.29 is 22.1 Å². The van der Waals surface area contributed by atoms with Gasteiger partial charge in [0.05, 0.1) is 6.61 Å². The third kappa shape index (κ3) is 5.90. The Morgan fingerprint density at radius 3 is 2.39 bits per heavy atom. The summed E-state index contributed by atoms with van der Waals surface area (Å²) in [5.74, 6) is 0.133. The summed E-state index contributed by atoms with van der Waals surface area (Å²) in [4.78, 5) is 12.6. The number of carbonyl (C=O) groups is 1. The monoisotopic (exact) mass is 498 g/mol. The van der Waals surface area contributed by atoms with Gasteiger partial charge in [0.25, 0.3) is 5.91 Å². The molecule has 0 spiro atoms. The molecule has 180 valence electrons. The van der Waals surface area contributed by atoms with Crippen molar-refractivity contribution in [3.8, 4) is 17.6 Å². The quantitative estimate of drug-likeness (QED) is 0.194. The van der Waals surface area contributed by atoms with E-state index in [0.29, 0.717) is 23.6 Å². The van der Waals surface area contributed by atoms with Gasteiger partial charge in [-0.2, -0.15) is 13.7 Å². The van der Waals surface area contributed by atoms with Crippen LogP contribution in [0.4, 0.5) is 5.69 Å². The molecule has 0 aromatic heterocycles. The van der Waals surface area contributed by atoms with E-state index < -0.39 is 16.0 Å². The Labute approximate surface area is 209 Å². The minimum atomic E-state index is -4.04. The number of amides is 1. The molecular formula is C28H22N2O5S. The number of anilines is 1. The van der Waals surface area contributed by atoms with Crippen LogP contribution in [0.2, 0.25) is 0 Å². The molecule has 0 bridgehead atoms. The standard InChI is InChI=1S/C28H22N2O5S/c1-2-34-26-9-5-8-24(18-26)30-28(31)23(19-29)16-20-10-13-25(14-11-20)35-36(32,33)27-15-12-21-6-3-4-7-22(21)17-27/h3-18H,2H2,1H3,(H,30,31)/b23-16+. The molecule has 0 aliphatic carbocycles. The lowest BCUT2D eigenvalue weighted by atomic mass is 10.1. The fourth-order valence-corrected chi connectivity index (χ4v) is 4.43. The number of hydrogen-bond acceptors (Lipinski definition) is 6. The number of ether oxygens (including phenoxy) is 1. The van der Waals surface area contributed by atoms with Crippen molar-refractivity contribution in [1.29, 1.82) is 5.26 Å². The van der Waals surface area contributed by atoms with E-state index >= 15 is 0 Å². The molecule has 0 saturated heterocycles. The molecule has 0 unspecified atom stereocenters. The van der Waals surface area contributed by atoms with Crippen LogP contribution in [-0.4, -0.2) is 20.9 Å². The lowest BCUT2D eigenvalue weighted by Crippen LogP contribution is -2.13. The van der Waals surface area contributed by atoms with Crippen molar-refractivity contribution >= 4 is 38.6 Å². The van der Waals surface area contributed by atoms with E-state index in [2.05, 4.69) is 5.32 Å². The maximum Gasteiger partial charge on any atom is 0.339 e. The zero-order valence-corrected chi connectivity index (χ0v) is 20.2. The number of rotatable bonds is 8. The van der Waals surface area contributed by atoms with Crippen molar-refractivity contribution in [2.24, 2.45) is 0 Å². The molecule has 0 heterocycles. The van der Waals surface area contributed by atoms with Crippen LogP contribution in [0.3, 0.4) is 0 Å². The first-order valence-electron chi connectivity index (χ1n) is 11.1. The van der Waals surface area contributed by atoms with Crippen LogP contribution in [0, 0.1) is 11.3 Å². The van der Waals surface area contributed by atoms with Crippen molar-refractivity contribution in [3.05, 3.63) is 102 Å². The van der Waals surface area contributed by atoms with Crippen LogP contribution in [0.25, 0.3) is 16.8 Å². The van der Waals surface area contributed by atoms with Crippen molar-refractivity contribution in [3.63, 3.8) is 0 Å². The highest BCUT2D eigenvalue weighted by Gasteiger charge is 2.17. The van der Waals surface area contributed by atoms with Crippen LogP contribution in [-0.2, 0) is 14.9 Å². The van der Waals surface area contributed by atoms with Gasteiger partial charge in [0, 0.05) is 11.8 Å². The summed E-state index contributed by atoms with van der Waals surface area (Å²) >= 11 is 0. The molecule has 4 aromatic carbocycles. The van der Waals surface area contributed by atoms with Gasteiger partial charge in [0.2, 0.25) is 0 Å². The van der Waals surface area contributed by atoms with Crippen LogP contribution in [0.15, 0.2) is 101 Å². The van der Waals surface area contributed by atoms with Gasteiger partial charge in [0.1, 0.15) is 28.0 Å². The molecule has 0 atom stereocenters. The summed E-state index contributed by atoms with van der Waals surface area (Å²) in [6.07, 6.45) is 1.41. The van der Waals surface area contributed by atoms with Crippen LogP contribution >= 0.6 is 0 Å². The third-order valence-corrected chi connectivity index (χ3v) is 6.42. The Balaban J connectivity index is 1.47. The van der Waals surface area contributed by atoms with Gasteiger partial charge in [-0.3, -0.25) is 4.79 Å². The third-order valence-electron chi connectivity index (χ3n) is 5.17. The smallest absolute Gasteiger partial charge is 0.339 e. The molecule has 1 N–H and O–H groups in total. The van der Waals surface area contributed by atoms with Gasteiger partial charge in [0.15, 0.2) is 0 Å². The van der Waals surface area contributed by atoms with Gasteiger partial charge in [-0.05, 0) is 65.7 Å². The fourth-order valence-electron chi connectivity index (χ4n) is 3.46. The Hall–Kier alpha value is -4.61. The summed E-state index contributed by atoms with van der Waals surface area (Å²) < 4.78 is 36.2. The molecule has 1 amide bonds. The molecule has 0 aliphatic heterocycles. The van der Waals surface area contributed by atoms with E-state index in [1.54, 1.807) is 48.5 Å². The second-order valence-corrected chi connectivity index (χ2v) is 9.25. The minimum Gasteiger partial charge on any atom is -0.494 e. The molecular weight excluding hydrogens is 476 g/mol. The van der Waals surface area contributed by atoms with Crippen LogP contribution in [0.5, 0.6) is 11.5 Å². The van der Waals surface area contributed by atoms with Crippen molar-refractivity contribution in [1.82, 2.24) is 0 Å². The first kappa shape index (κ1) is 24.5. The van der Waals surface area contributed by atoms with E-state index in [9.17, 15) is 18.5 Å². The lowest BCUT2D eigenvalue weighted by molar-refractivity contribution is -0.112. The van der Waals surface area contributed by atoms with Gasteiger partial charge in [-0.1, -0.05) is 48.5 Å². The first-order chi connectivity index (χ1) is 17.4. The van der Waals surface area contributed by atoms with E-state index in [0.717, 1.165) is 10.8 Å². The van der Waals surface area contributed by atoms with E-state index in [4.69, 9.17) is 8.92 Å². The van der Waals surface area contributed by atoms with Gasteiger partial charge in [-0.25, -0.2) is 0 Å². The van der Waals surface area contributed by atoms with Crippen LogP contribution < -0.4 is 14.2 Å². The SMILES string of the molecule is CCOc1cccc(NC(=O)/C(C#N)=C/c2ccc(OS(=O)(=O)c3ccc4ccccc4c3)cc2)c1. The number of hydrogen-bond donors (Lipinski definition) is 1. The normalized spacial score (nSPS) is 11.5. The predicted octanol–water partition coefficient (Wildman–Crippen LogP) is 5.55. The summed E-state index contributed by atoms with van der Waals surface area (Å²) in [5, 5.41) is 13.9. The van der Waals surface area contributed by atoms with E-state index in [1.807, 2.05) is 37.3 Å². The molecule has 4 rings (SSSR count). The molecule has 4 aromatic rings. The van der Waals surface area contributed by atoms with E-state index in [-0.39, 0.29) is 16.2 Å². The molecule has 0 radical (unpaired) electrons. The molecule has 7 nitrogen and oxygen atoms in total. The highest BCUT2D eigenvalue weighted by molar-refractivity contribution is 7.87. The Bertz CT molecular complexity index is 1590. The Morgan fingerprint density at radius 1 is 0.917 bits per heavy atom. The van der Waals surface area contributed by atoms with Crippen LogP contribution in [0.1, 0.15) is 12.5 Å². The minimum absolute atomic E-state index is 0.0435. The number of fused-ring (bicyclic) bond motifs is 1. The van der Waals surface area contributed by atoms with Gasteiger partial charge >= 0.3 is 10.1 Å². The van der Waals surface area contributed by atoms with E-state index in [1.165, 1.54) is 24.3 Å². The fraction of sp³-hybridized carbons (Fsp3) is 0.0714. The molecule has 0 aliphatic rings. The predicted molar refractivity (Wildman–Crippen MR) is 138 cm³/mol. The number of nitrogens with one attached hydrogen (secondary N) is 1. The molecule has 8 heteroatoms. The maximum atomic E-state index is 12.7. The average molecular weight is 499 g/mol.